The summed E-state index contributed by atoms with van der Waals surface area (Å²) in [5.74, 6) is 0.534. The van der Waals surface area contributed by atoms with E-state index in [0.29, 0.717) is 39.2 Å². The Balaban J connectivity index is 1.89. The molecule has 1 aliphatic heterocycles. The number of ether oxygens (including phenoxy) is 3. The number of rotatable bonds is 7. The number of hydrogen-bond acceptors (Lipinski definition) is 5. The highest BCUT2D eigenvalue weighted by Crippen LogP contribution is 2.40. The first kappa shape index (κ1) is 21.7. The maximum absolute atomic E-state index is 13.0. The molecule has 0 aromatic heterocycles. The van der Waals surface area contributed by atoms with Gasteiger partial charge in [-0.25, -0.2) is 9.59 Å². The highest BCUT2D eigenvalue weighted by Gasteiger charge is 2.35. The summed E-state index contributed by atoms with van der Waals surface area (Å²) in [6.45, 7) is 1.89. The first-order chi connectivity index (χ1) is 14.4. The van der Waals surface area contributed by atoms with Crippen LogP contribution < -0.4 is 20.1 Å². The summed E-state index contributed by atoms with van der Waals surface area (Å²) in [5, 5.41) is 5.43. The van der Waals surface area contributed by atoms with Crippen LogP contribution in [0.5, 0.6) is 11.5 Å². The molecule has 3 rings (SSSR count). The van der Waals surface area contributed by atoms with Crippen molar-refractivity contribution in [3.05, 3.63) is 69.3 Å². The molecule has 158 valence electrons. The number of methoxy groups -OCH3 is 2. The van der Waals surface area contributed by atoms with Crippen molar-refractivity contribution in [2.45, 2.75) is 19.4 Å². The van der Waals surface area contributed by atoms with Crippen LogP contribution in [0, 0.1) is 0 Å². The molecule has 0 radical (unpaired) electrons. The van der Waals surface area contributed by atoms with Crippen LogP contribution in [0.15, 0.2) is 58.2 Å². The second kappa shape index (κ2) is 9.67. The highest BCUT2D eigenvalue weighted by molar-refractivity contribution is 9.10. The third kappa shape index (κ3) is 4.76. The fourth-order valence-electron chi connectivity index (χ4n) is 3.32. The quantitative estimate of drug-likeness (QED) is 0.594. The van der Waals surface area contributed by atoms with Gasteiger partial charge in [0.2, 0.25) is 0 Å². The molecule has 1 heterocycles. The Hall–Kier alpha value is -3.00. The van der Waals surface area contributed by atoms with Crippen molar-refractivity contribution in [2.75, 3.05) is 20.8 Å². The van der Waals surface area contributed by atoms with E-state index in [1.165, 1.54) is 7.11 Å². The van der Waals surface area contributed by atoms with Gasteiger partial charge in [-0.15, -0.1) is 0 Å². The number of benzene rings is 2. The first-order valence-corrected chi connectivity index (χ1v) is 10.1. The Bertz CT molecular complexity index is 975. The van der Waals surface area contributed by atoms with Gasteiger partial charge in [-0.1, -0.05) is 30.3 Å². The standard InChI is InChI=1S/C22H23BrN2O5/c1-13-18(21(26)30-10-9-14-7-5-4-6-8-14)19(25-22(27)24-13)16-11-15(28-2)12-17(23)20(16)29-3/h4-8,11-12,19H,9-10H2,1-3H3,(H2,24,25,27). The fourth-order valence-corrected chi connectivity index (χ4v) is 3.93. The summed E-state index contributed by atoms with van der Waals surface area (Å²) in [6.07, 6.45) is 0.595. The maximum atomic E-state index is 13.0. The second-order valence-electron chi connectivity index (χ2n) is 6.67. The van der Waals surface area contributed by atoms with Gasteiger partial charge in [0.15, 0.2) is 0 Å². The molecule has 2 aromatic rings. The normalized spacial score (nSPS) is 15.9. The summed E-state index contributed by atoms with van der Waals surface area (Å²) < 4.78 is 17.0. The Labute approximate surface area is 183 Å². The van der Waals surface area contributed by atoms with Gasteiger partial charge in [0.25, 0.3) is 0 Å². The lowest BCUT2D eigenvalue weighted by atomic mass is 9.94. The van der Waals surface area contributed by atoms with Crippen molar-refractivity contribution in [2.24, 2.45) is 0 Å². The van der Waals surface area contributed by atoms with E-state index >= 15 is 0 Å². The first-order valence-electron chi connectivity index (χ1n) is 9.35. The molecule has 0 fully saturated rings. The predicted molar refractivity (Wildman–Crippen MR) is 115 cm³/mol. The zero-order valence-corrected chi connectivity index (χ0v) is 18.5. The van der Waals surface area contributed by atoms with Crippen LogP contribution in [0.25, 0.3) is 0 Å². The third-order valence-corrected chi connectivity index (χ3v) is 5.34. The highest BCUT2D eigenvalue weighted by atomic mass is 79.9. The van der Waals surface area contributed by atoms with Crippen molar-refractivity contribution in [3.8, 4) is 11.5 Å². The Morgan fingerprint density at radius 2 is 1.87 bits per heavy atom. The molecule has 2 aromatic carbocycles. The third-order valence-electron chi connectivity index (χ3n) is 4.75. The molecule has 30 heavy (non-hydrogen) atoms. The van der Waals surface area contributed by atoms with Crippen molar-refractivity contribution in [3.63, 3.8) is 0 Å². The van der Waals surface area contributed by atoms with Gasteiger partial charge in [-0.05, 0) is 40.5 Å². The number of esters is 1. The van der Waals surface area contributed by atoms with Gasteiger partial charge >= 0.3 is 12.0 Å². The molecule has 7 nitrogen and oxygen atoms in total. The lowest BCUT2D eigenvalue weighted by molar-refractivity contribution is -0.139. The number of urea groups is 1. The SMILES string of the molecule is COc1cc(Br)c(OC)c(C2NC(=O)NC(C)=C2C(=O)OCCc2ccccc2)c1. The maximum Gasteiger partial charge on any atom is 0.338 e. The molecule has 0 saturated heterocycles. The number of hydrogen-bond donors (Lipinski definition) is 2. The second-order valence-corrected chi connectivity index (χ2v) is 7.53. The molecular formula is C22H23BrN2O5. The Morgan fingerprint density at radius 1 is 1.13 bits per heavy atom. The predicted octanol–water partition coefficient (Wildman–Crippen LogP) is 3.88. The number of amides is 2. The van der Waals surface area contributed by atoms with Crippen molar-refractivity contribution in [1.29, 1.82) is 0 Å². The molecule has 8 heteroatoms. The largest absolute Gasteiger partial charge is 0.497 e. The van der Waals surface area contributed by atoms with E-state index in [2.05, 4.69) is 26.6 Å². The number of carbonyl (C=O) groups excluding carboxylic acids is 2. The van der Waals surface area contributed by atoms with E-state index in [1.54, 1.807) is 26.2 Å². The Morgan fingerprint density at radius 3 is 2.53 bits per heavy atom. The van der Waals surface area contributed by atoms with E-state index in [0.717, 1.165) is 5.56 Å². The summed E-state index contributed by atoms with van der Waals surface area (Å²) in [4.78, 5) is 25.1. The average Bonchev–Trinajstić information content (AvgIpc) is 2.73. The lowest BCUT2D eigenvalue weighted by Gasteiger charge is -2.29. The molecule has 0 saturated carbocycles. The zero-order chi connectivity index (χ0) is 21.7. The topological polar surface area (TPSA) is 85.9 Å². The van der Waals surface area contributed by atoms with Crippen molar-refractivity contribution in [1.82, 2.24) is 10.6 Å². The van der Waals surface area contributed by atoms with E-state index in [1.807, 2.05) is 30.3 Å². The van der Waals surface area contributed by atoms with Gasteiger partial charge in [0.05, 0.1) is 36.9 Å². The Kier molecular flexibility index (Phi) is 6.99. The summed E-state index contributed by atoms with van der Waals surface area (Å²) in [6, 6.07) is 12.1. The van der Waals surface area contributed by atoms with Gasteiger partial charge in [0, 0.05) is 17.7 Å². The van der Waals surface area contributed by atoms with E-state index in [9.17, 15) is 9.59 Å². The van der Waals surface area contributed by atoms with E-state index in [-0.39, 0.29) is 6.61 Å². The van der Waals surface area contributed by atoms with Crippen LogP contribution in [0.1, 0.15) is 24.1 Å². The number of carbonyl (C=O) groups is 2. The number of nitrogens with one attached hydrogen (secondary N) is 2. The molecule has 0 bridgehead atoms. The molecule has 0 spiro atoms. The molecule has 2 amide bonds. The van der Waals surface area contributed by atoms with Crippen LogP contribution in [-0.2, 0) is 16.0 Å². The minimum Gasteiger partial charge on any atom is -0.497 e. The number of halogens is 1. The molecule has 2 N–H and O–H groups in total. The summed E-state index contributed by atoms with van der Waals surface area (Å²) in [7, 11) is 3.06. The van der Waals surface area contributed by atoms with E-state index in [4.69, 9.17) is 14.2 Å². The van der Waals surface area contributed by atoms with Gasteiger partial charge in [-0.2, -0.15) is 0 Å². The molecule has 0 aliphatic carbocycles. The lowest BCUT2D eigenvalue weighted by Crippen LogP contribution is -2.45. The van der Waals surface area contributed by atoms with Gasteiger partial charge in [-0.3, -0.25) is 0 Å². The molecule has 1 unspecified atom stereocenters. The van der Waals surface area contributed by atoms with Crippen molar-refractivity contribution < 1.29 is 23.8 Å². The van der Waals surface area contributed by atoms with Gasteiger partial charge < -0.3 is 24.8 Å². The van der Waals surface area contributed by atoms with Crippen LogP contribution in [0.3, 0.4) is 0 Å². The number of allylic oxidation sites excluding steroid dienone is 1. The van der Waals surface area contributed by atoms with Crippen LogP contribution >= 0.6 is 15.9 Å². The minimum absolute atomic E-state index is 0.221. The zero-order valence-electron chi connectivity index (χ0n) is 17.0. The van der Waals surface area contributed by atoms with Crippen LogP contribution in [-0.4, -0.2) is 32.8 Å². The summed E-state index contributed by atoms with van der Waals surface area (Å²) >= 11 is 3.46. The fraction of sp³-hybridized carbons (Fsp3) is 0.273. The minimum atomic E-state index is -0.760. The van der Waals surface area contributed by atoms with Gasteiger partial charge in [0.1, 0.15) is 11.5 Å². The molecular weight excluding hydrogens is 452 g/mol. The molecule has 1 atom stereocenters. The summed E-state index contributed by atoms with van der Waals surface area (Å²) in [5.41, 5.74) is 2.38. The molecule has 1 aliphatic rings. The van der Waals surface area contributed by atoms with E-state index < -0.39 is 18.0 Å². The smallest absolute Gasteiger partial charge is 0.338 e. The van der Waals surface area contributed by atoms with Crippen molar-refractivity contribution >= 4 is 27.9 Å². The van der Waals surface area contributed by atoms with Crippen LogP contribution in [0.2, 0.25) is 0 Å². The van der Waals surface area contributed by atoms with Crippen LogP contribution in [0.4, 0.5) is 4.79 Å². The average molecular weight is 475 g/mol. The monoisotopic (exact) mass is 474 g/mol.